The SMILES string of the molecule is Nc1ccc(C=CC(=O)NCc2ccc(-c3ccc(-c4ccc(C(=O)N5CCC(F)(F)CC5)cc4F)cc3-c3ccc(F)cc3)o2)cn1. The molecule has 1 aliphatic heterocycles. The Hall–Kier alpha value is -5.71. The molecule has 1 fully saturated rings. The molecule has 5 aromatic rings. The molecule has 0 radical (unpaired) electrons. The predicted molar refractivity (Wildman–Crippen MR) is 175 cm³/mol. The summed E-state index contributed by atoms with van der Waals surface area (Å²) in [5.41, 5.74) is 9.02. The van der Waals surface area contributed by atoms with E-state index < -0.39 is 36.3 Å². The van der Waals surface area contributed by atoms with E-state index in [1.165, 1.54) is 35.2 Å². The number of benzene rings is 3. The first-order valence-electron chi connectivity index (χ1n) is 15.2. The van der Waals surface area contributed by atoms with Crippen LogP contribution in [0.2, 0.25) is 0 Å². The van der Waals surface area contributed by atoms with Gasteiger partial charge in [-0.25, -0.2) is 22.5 Å². The summed E-state index contributed by atoms with van der Waals surface area (Å²) in [5.74, 6) is -3.38. The van der Waals surface area contributed by atoms with Crippen LogP contribution in [0.4, 0.5) is 23.4 Å². The molecule has 0 atom stereocenters. The van der Waals surface area contributed by atoms with Crippen molar-refractivity contribution in [3.63, 3.8) is 0 Å². The van der Waals surface area contributed by atoms with Gasteiger partial charge in [-0.3, -0.25) is 9.59 Å². The molecule has 2 amide bonds. The number of halogens is 4. The maximum Gasteiger partial charge on any atom is 0.253 e. The molecule has 11 heteroatoms. The van der Waals surface area contributed by atoms with Crippen molar-refractivity contribution in [2.24, 2.45) is 0 Å². The number of nitrogens with one attached hydrogen (secondary N) is 1. The standard InChI is InChI=1S/C37H30F4N4O3/c38-27-7-3-24(4-8-27)31-19-25(29-10-6-26(20-32(29)39)36(47)45-17-15-37(40,41)16-18-45)5-11-30(31)33-12-9-28(48-33)22-44-35(46)14-2-23-1-13-34(42)43-21-23/h1-14,19-21H,15-18,22H2,(H2,42,43)(H,44,46). The van der Waals surface area contributed by atoms with Gasteiger partial charge in [-0.05, 0) is 89.0 Å². The fraction of sp³-hybridized carbons (Fsp3) is 0.162. The normalized spacial score (nSPS) is 14.3. The van der Waals surface area contributed by atoms with Gasteiger partial charge < -0.3 is 20.4 Å². The number of alkyl halides is 2. The molecule has 48 heavy (non-hydrogen) atoms. The quantitative estimate of drug-likeness (QED) is 0.132. The molecule has 0 unspecified atom stereocenters. The second-order valence-electron chi connectivity index (χ2n) is 11.4. The van der Waals surface area contributed by atoms with Crippen LogP contribution in [0.15, 0.2) is 102 Å². The van der Waals surface area contributed by atoms with Gasteiger partial charge >= 0.3 is 0 Å². The van der Waals surface area contributed by atoms with Gasteiger partial charge in [0.25, 0.3) is 11.8 Å². The van der Waals surface area contributed by atoms with E-state index in [1.807, 2.05) is 0 Å². The van der Waals surface area contributed by atoms with Crippen LogP contribution in [-0.2, 0) is 11.3 Å². The summed E-state index contributed by atoms with van der Waals surface area (Å²) in [6, 6.07) is 22.0. The maximum absolute atomic E-state index is 15.5. The van der Waals surface area contributed by atoms with Crippen LogP contribution >= 0.6 is 0 Å². The molecule has 1 aliphatic rings. The molecule has 244 valence electrons. The number of pyridine rings is 1. The summed E-state index contributed by atoms with van der Waals surface area (Å²) in [5, 5.41) is 2.76. The third kappa shape index (κ3) is 7.46. The molecule has 0 bridgehead atoms. The zero-order valence-electron chi connectivity index (χ0n) is 25.6. The number of carbonyl (C=O) groups excluding carboxylic acids is 2. The number of furan rings is 1. The summed E-state index contributed by atoms with van der Waals surface area (Å²) in [7, 11) is 0. The second kappa shape index (κ2) is 13.6. The number of carbonyl (C=O) groups is 2. The lowest BCUT2D eigenvalue weighted by molar-refractivity contribution is -0.116. The fourth-order valence-electron chi connectivity index (χ4n) is 5.43. The summed E-state index contributed by atoms with van der Waals surface area (Å²) in [6.07, 6.45) is 3.68. The lowest BCUT2D eigenvalue weighted by Crippen LogP contribution is -2.42. The van der Waals surface area contributed by atoms with Gasteiger partial charge in [0.15, 0.2) is 0 Å². The van der Waals surface area contributed by atoms with Crippen molar-refractivity contribution in [1.82, 2.24) is 15.2 Å². The lowest BCUT2D eigenvalue weighted by atomic mass is 9.93. The number of anilines is 1. The Balaban J connectivity index is 1.22. The van der Waals surface area contributed by atoms with E-state index in [0.29, 0.717) is 45.2 Å². The molecular weight excluding hydrogens is 624 g/mol. The average Bonchev–Trinajstić information content (AvgIpc) is 3.56. The van der Waals surface area contributed by atoms with Crippen LogP contribution in [0.25, 0.3) is 39.7 Å². The Labute approximate surface area is 273 Å². The molecule has 0 spiro atoms. The molecule has 7 nitrogen and oxygen atoms in total. The molecule has 0 aliphatic carbocycles. The number of hydrogen-bond acceptors (Lipinski definition) is 5. The number of aromatic nitrogens is 1. The highest BCUT2D eigenvalue weighted by atomic mass is 19.3. The van der Waals surface area contributed by atoms with Crippen molar-refractivity contribution in [2.45, 2.75) is 25.3 Å². The Bertz CT molecular complexity index is 1980. The van der Waals surface area contributed by atoms with Crippen LogP contribution in [0.1, 0.15) is 34.5 Å². The van der Waals surface area contributed by atoms with Gasteiger partial charge in [0.1, 0.15) is 29.0 Å². The molecule has 2 aromatic heterocycles. The highest BCUT2D eigenvalue weighted by molar-refractivity contribution is 5.95. The third-order valence-corrected chi connectivity index (χ3v) is 8.08. The van der Waals surface area contributed by atoms with Crippen molar-refractivity contribution in [1.29, 1.82) is 0 Å². The number of hydrogen-bond donors (Lipinski definition) is 2. The molecule has 3 heterocycles. The topological polar surface area (TPSA) is 101 Å². The van der Waals surface area contributed by atoms with Crippen molar-refractivity contribution >= 4 is 23.7 Å². The minimum Gasteiger partial charge on any atom is -0.459 e. The van der Waals surface area contributed by atoms with Gasteiger partial charge in [-0.15, -0.1) is 0 Å². The number of nitrogens with zero attached hydrogens (tertiary/aromatic N) is 2. The summed E-state index contributed by atoms with van der Waals surface area (Å²) < 4.78 is 62.5. The minimum absolute atomic E-state index is 0.0739. The summed E-state index contributed by atoms with van der Waals surface area (Å²) >= 11 is 0. The predicted octanol–water partition coefficient (Wildman–Crippen LogP) is 7.74. The van der Waals surface area contributed by atoms with E-state index >= 15 is 4.39 Å². The first-order valence-corrected chi connectivity index (χ1v) is 15.2. The molecule has 6 rings (SSSR count). The summed E-state index contributed by atoms with van der Waals surface area (Å²) in [4.78, 5) is 30.6. The molecular formula is C37H30F4N4O3. The highest BCUT2D eigenvalue weighted by Gasteiger charge is 2.36. The lowest BCUT2D eigenvalue weighted by Gasteiger charge is -2.31. The van der Waals surface area contributed by atoms with Gasteiger partial charge in [0, 0.05) is 54.9 Å². The Morgan fingerprint density at radius 1 is 0.875 bits per heavy atom. The van der Waals surface area contributed by atoms with Gasteiger partial charge in [-0.1, -0.05) is 24.3 Å². The van der Waals surface area contributed by atoms with E-state index in [4.69, 9.17) is 10.2 Å². The van der Waals surface area contributed by atoms with E-state index in [2.05, 4.69) is 10.3 Å². The van der Waals surface area contributed by atoms with Crippen LogP contribution in [0.3, 0.4) is 0 Å². The molecule has 3 N–H and O–H groups in total. The number of piperidine rings is 1. The van der Waals surface area contributed by atoms with Crippen LogP contribution in [-0.4, -0.2) is 40.7 Å². The first-order chi connectivity index (χ1) is 23.0. The van der Waals surface area contributed by atoms with Gasteiger partial charge in [0.2, 0.25) is 5.91 Å². The van der Waals surface area contributed by atoms with Crippen molar-refractivity contribution < 1.29 is 31.6 Å². The monoisotopic (exact) mass is 654 g/mol. The summed E-state index contributed by atoms with van der Waals surface area (Å²) in [6.45, 7) is -0.0840. The molecule has 1 saturated heterocycles. The fourth-order valence-corrected chi connectivity index (χ4v) is 5.43. The second-order valence-corrected chi connectivity index (χ2v) is 11.4. The largest absolute Gasteiger partial charge is 0.459 e. The maximum atomic E-state index is 15.5. The number of nitrogens with two attached hydrogens (primary N) is 1. The van der Waals surface area contributed by atoms with Crippen molar-refractivity contribution in [2.75, 3.05) is 18.8 Å². The van der Waals surface area contributed by atoms with E-state index in [9.17, 15) is 22.8 Å². The minimum atomic E-state index is -2.80. The highest BCUT2D eigenvalue weighted by Crippen LogP contribution is 2.38. The van der Waals surface area contributed by atoms with Crippen LogP contribution < -0.4 is 11.1 Å². The Morgan fingerprint density at radius 3 is 2.31 bits per heavy atom. The number of rotatable bonds is 8. The average molecular weight is 655 g/mol. The van der Waals surface area contributed by atoms with E-state index in [0.717, 1.165) is 6.07 Å². The van der Waals surface area contributed by atoms with E-state index in [1.54, 1.807) is 66.9 Å². The number of amides is 2. The van der Waals surface area contributed by atoms with Crippen LogP contribution in [0, 0.1) is 11.6 Å². The first kappa shape index (κ1) is 32.2. The zero-order valence-corrected chi connectivity index (χ0v) is 25.6. The third-order valence-electron chi connectivity index (χ3n) is 8.08. The smallest absolute Gasteiger partial charge is 0.253 e. The number of nitrogen functional groups attached to an aromatic ring is 1. The van der Waals surface area contributed by atoms with Gasteiger partial charge in [0.05, 0.1) is 6.54 Å². The molecule has 3 aromatic carbocycles. The van der Waals surface area contributed by atoms with Crippen LogP contribution in [0.5, 0.6) is 0 Å². The molecule has 0 saturated carbocycles. The van der Waals surface area contributed by atoms with Gasteiger partial charge in [-0.2, -0.15) is 0 Å². The van der Waals surface area contributed by atoms with Crippen molar-refractivity contribution in [3.05, 3.63) is 126 Å². The van der Waals surface area contributed by atoms with Crippen molar-refractivity contribution in [3.8, 4) is 33.6 Å². The zero-order chi connectivity index (χ0) is 33.8. The number of likely N-dealkylation sites (tertiary alicyclic amines) is 1. The van der Waals surface area contributed by atoms with E-state index in [-0.39, 0.29) is 36.7 Å². The Morgan fingerprint density at radius 2 is 1.60 bits per heavy atom. The Kier molecular flexibility index (Phi) is 9.11.